The summed E-state index contributed by atoms with van der Waals surface area (Å²) in [5, 5.41) is 0. The predicted octanol–water partition coefficient (Wildman–Crippen LogP) is 1.16. The molecule has 1 aromatic rings. The summed E-state index contributed by atoms with van der Waals surface area (Å²) in [6, 6.07) is 1.85. The molecule has 0 saturated heterocycles. The molecule has 0 radical (unpaired) electrons. The van der Waals surface area contributed by atoms with Crippen LogP contribution in [0.25, 0.3) is 0 Å². The number of Topliss-reactive ketones (excluding diaryl/α,β-unsaturated/α-hetero) is 1. The van der Waals surface area contributed by atoms with Crippen LogP contribution < -0.4 is 0 Å². The number of rotatable bonds is 4. The van der Waals surface area contributed by atoms with Crippen molar-refractivity contribution in [3.8, 4) is 0 Å². The Hall–Kier alpha value is -1.09. The quantitative estimate of drug-likeness (QED) is 0.650. The summed E-state index contributed by atoms with van der Waals surface area (Å²) < 4.78 is 1.89. The highest BCUT2D eigenvalue weighted by Crippen LogP contribution is 2.01. The molecule has 0 aliphatic carbocycles. The van der Waals surface area contributed by atoms with Gasteiger partial charge in [-0.2, -0.15) is 0 Å². The molecular weight excluding hydrogens is 164 g/mol. The van der Waals surface area contributed by atoms with Gasteiger partial charge in [-0.15, -0.1) is 0 Å². The van der Waals surface area contributed by atoms with Crippen LogP contribution in [0.2, 0.25) is 0 Å². The molecule has 0 N–H and O–H groups in total. The lowest BCUT2D eigenvalue weighted by Crippen LogP contribution is -2.25. The topological polar surface area (TPSA) is 25.2 Å². The zero-order valence-corrected chi connectivity index (χ0v) is 8.45. The van der Waals surface area contributed by atoms with Crippen molar-refractivity contribution in [3.63, 3.8) is 0 Å². The Kier molecular flexibility index (Phi) is 3.25. The Morgan fingerprint density at radius 2 is 2.31 bits per heavy atom. The highest BCUT2D eigenvalue weighted by molar-refractivity contribution is 5.97. The normalized spacial score (nSPS) is 10.8. The lowest BCUT2D eigenvalue weighted by atomic mass is 10.2. The van der Waals surface area contributed by atoms with E-state index < -0.39 is 0 Å². The van der Waals surface area contributed by atoms with Gasteiger partial charge in [-0.05, 0) is 19.7 Å². The minimum atomic E-state index is 0.185. The number of ketones is 1. The monoisotopic (exact) mass is 180 g/mol. The fraction of sp³-hybridized carbons (Fsp3) is 0.500. The number of aryl methyl sites for hydroxylation is 1. The van der Waals surface area contributed by atoms with Crippen molar-refractivity contribution >= 4 is 5.78 Å². The molecule has 0 aromatic carbocycles. The van der Waals surface area contributed by atoms with Crippen LogP contribution in [0, 0.1) is 0 Å². The van der Waals surface area contributed by atoms with E-state index in [1.54, 1.807) is 0 Å². The average molecular weight is 180 g/mol. The Bertz CT molecular complexity index is 291. The van der Waals surface area contributed by atoms with Gasteiger partial charge in [0.25, 0.3) is 0 Å². The lowest BCUT2D eigenvalue weighted by molar-refractivity contribution is 0.0949. The maximum Gasteiger partial charge on any atom is 0.178 e. The third-order valence-electron chi connectivity index (χ3n) is 2.11. The molecule has 13 heavy (non-hydrogen) atoms. The maximum atomic E-state index is 11.6. The highest BCUT2D eigenvalue weighted by Gasteiger charge is 2.08. The molecule has 0 unspecified atom stereocenters. The molecular formula is C10H16N2O. The third-order valence-corrected chi connectivity index (χ3v) is 2.11. The second-order valence-corrected chi connectivity index (χ2v) is 3.32. The number of aromatic nitrogens is 1. The molecule has 1 heterocycles. The van der Waals surface area contributed by atoms with E-state index in [4.69, 9.17) is 0 Å². The van der Waals surface area contributed by atoms with Crippen molar-refractivity contribution in [1.82, 2.24) is 9.47 Å². The molecule has 0 fully saturated rings. The maximum absolute atomic E-state index is 11.6. The Morgan fingerprint density at radius 3 is 2.77 bits per heavy atom. The van der Waals surface area contributed by atoms with Crippen LogP contribution in [0.3, 0.4) is 0 Å². The minimum absolute atomic E-state index is 0.185. The summed E-state index contributed by atoms with van der Waals surface area (Å²) in [6.45, 7) is 3.44. The molecule has 0 saturated carbocycles. The molecule has 1 aromatic heterocycles. The number of hydrogen-bond donors (Lipinski definition) is 0. The first-order valence-electron chi connectivity index (χ1n) is 4.47. The summed E-state index contributed by atoms with van der Waals surface area (Å²) in [5.41, 5.74) is 0.794. The van der Waals surface area contributed by atoms with E-state index in [1.165, 1.54) is 0 Å². The molecule has 72 valence electrons. The predicted molar refractivity (Wildman–Crippen MR) is 52.9 cm³/mol. The Morgan fingerprint density at radius 1 is 1.62 bits per heavy atom. The van der Waals surface area contributed by atoms with Crippen molar-refractivity contribution in [1.29, 1.82) is 0 Å². The number of carbonyl (C=O) groups is 1. The fourth-order valence-corrected chi connectivity index (χ4v) is 1.12. The van der Waals surface area contributed by atoms with Gasteiger partial charge in [0.15, 0.2) is 5.78 Å². The first kappa shape index (κ1) is 9.99. The summed E-state index contributed by atoms with van der Waals surface area (Å²) in [7, 11) is 3.86. The van der Waals surface area contributed by atoms with Gasteiger partial charge in [-0.25, -0.2) is 0 Å². The van der Waals surface area contributed by atoms with E-state index in [0.717, 1.165) is 12.1 Å². The van der Waals surface area contributed by atoms with Gasteiger partial charge in [-0.3, -0.25) is 9.69 Å². The van der Waals surface area contributed by atoms with E-state index in [1.807, 2.05) is 48.9 Å². The van der Waals surface area contributed by atoms with Crippen molar-refractivity contribution < 1.29 is 4.79 Å². The van der Waals surface area contributed by atoms with Crippen LogP contribution in [0.15, 0.2) is 18.5 Å². The van der Waals surface area contributed by atoms with Gasteiger partial charge in [0.1, 0.15) is 0 Å². The van der Waals surface area contributed by atoms with Crippen LogP contribution in [0.5, 0.6) is 0 Å². The summed E-state index contributed by atoms with van der Waals surface area (Å²) in [6.07, 6.45) is 3.74. The first-order valence-corrected chi connectivity index (χ1v) is 4.47. The van der Waals surface area contributed by atoms with E-state index in [9.17, 15) is 4.79 Å². The number of likely N-dealkylation sites (N-methyl/N-ethyl adjacent to an activating group) is 1. The molecule has 1 rings (SSSR count). The van der Waals surface area contributed by atoms with E-state index in [0.29, 0.717) is 6.54 Å². The summed E-state index contributed by atoms with van der Waals surface area (Å²) in [4.78, 5) is 13.6. The molecule has 3 heteroatoms. The van der Waals surface area contributed by atoms with E-state index >= 15 is 0 Å². The first-order chi connectivity index (χ1) is 6.13. The standard InChI is InChI=1S/C10H16N2O/c1-4-11(2)8-10(13)9-5-6-12(3)7-9/h5-7H,4,8H2,1-3H3. The molecule has 0 spiro atoms. The zero-order chi connectivity index (χ0) is 9.84. The zero-order valence-electron chi connectivity index (χ0n) is 8.45. The fourth-order valence-electron chi connectivity index (χ4n) is 1.12. The van der Waals surface area contributed by atoms with Gasteiger partial charge in [-0.1, -0.05) is 6.92 Å². The molecule has 0 aliphatic heterocycles. The van der Waals surface area contributed by atoms with Crippen LogP contribution in [-0.2, 0) is 7.05 Å². The molecule has 0 aliphatic rings. The third kappa shape index (κ3) is 2.70. The van der Waals surface area contributed by atoms with Gasteiger partial charge in [0.05, 0.1) is 6.54 Å². The number of carbonyl (C=O) groups excluding carboxylic acids is 1. The average Bonchev–Trinajstić information content (AvgIpc) is 2.51. The van der Waals surface area contributed by atoms with Crippen molar-refractivity contribution in [3.05, 3.63) is 24.0 Å². The molecule has 0 amide bonds. The second-order valence-electron chi connectivity index (χ2n) is 3.32. The SMILES string of the molecule is CCN(C)CC(=O)c1ccn(C)c1. The van der Waals surface area contributed by atoms with Crippen molar-refractivity contribution in [2.24, 2.45) is 7.05 Å². The van der Waals surface area contributed by atoms with Gasteiger partial charge in [0, 0.05) is 25.0 Å². The minimum Gasteiger partial charge on any atom is -0.357 e. The Labute approximate surface area is 79.0 Å². The van der Waals surface area contributed by atoms with E-state index in [2.05, 4.69) is 0 Å². The van der Waals surface area contributed by atoms with Crippen molar-refractivity contribution in [2.75, 3.05) is 20.1 Å². The van der Waals surface area contributed by atoms with Gasteiger partial charge >= 0.3 is 0 Å². The largest absolute Gasteiger partial charge is 0.357 e. The Balaban J connectivity index is 2.58. The van der Waals surface area contributed by atoms with Crippen LogP contribution in [0.4, 0.5) is 0 Å². The molecule has 3 nitrogen and oxygen atoms in total. The van der Waals surface area contributed by atoms with Gasteiger partial charge in [0.2, 0.25) is 0 Å². The highest BCUT2D eigenvalue weighted by atomic mass is 16.1. The lowest BCUT2D eigenvalue weighted by Gasteiger charge is -2.11. The number of hydrogen-bond acceptors (Lipinski definition) is 2. The summed E-state index contributed by atoms with van der Waals surface area (Å²) in [5.74, 6) is 0.185. The molecule has 0 bridgehead atoms. The smallest absolute Gasteiger partial charge is 0.178 e. The number of nitrogens with zero attached hydrogens (tertiary/aromatic N) is 2. The van der Waals surface area contributed by atoms with Crippen LogP contribution in [0.1, 0.15) is 17.3 Å². The summed E-state index contributed by atoms with van der Waals surface area (Å²) >= 11 is 0. The van der Waals surface area contributed by atoms with Crippen molar-refractivity contribution in [2.45, 2.75) is 6.92 Å². The van der Waals surface area contributed by atoms with E-state index in [-0.39, 0.29) is 5.78 Å². The molecule has 0 atom stereocenters. The van der Waals surface area contributed by atoms with Crippen LogP contribution in [-0.4, -0.2) is 35.4 Å². The van der Waals surface area contributed by atoms with Crippen LogP contribution >= 0.6 is 0 Å². The second kappa shape index (κ2) is 4.23. The van der Waals surface area contributed by atoms with Gasteiger partial charge < -0.3 is 4.57 Å².